The van der Waals surface area contributed by atoms with Gasteiger partial charge in [0.1, 0.15) is 11.5 Å². The molecule has 0 saturated carbocycles. The lowest BCUT2D eigenvalue weighted by molar-refractivity contribution is 0.493. The predicted octanol–water partition coefficient (Wildman–Crippen LogP) is 10.9. The lowest BCUT2D eigenvalue weighted by Gasteiger charge is -2.23. The Hall–Kier alpha value is -5.14. The number of hydrogen-bond donors (Lipinski definition) is 0. The zero-order chi connectivity index (χ0) is 25.5. The summed E-state index contributed by atoms with van der Waals surface area (Å²) in [6.07, 6.45) is 0. The van der Waals surface area contributed by atoms with E-state index < -0.39 is 0 Å². The summed E-state index contributed by atoms with van der Waals surface area (Å²) in [6.45, 7) is 0. The van der Waals surface area contributed by atoms with Gasteiger partial charge in [-0.25, -0.2) is 0 Å². The molecule has 8 aromatic carbocycles. The van der Waals surface area contributed by atoms with Crippen molar-refractivity contribution in [3.05, 3.63) is 133 Å². The topological polar surface area (TPSA) is 9.23 Å². The number of rotatable bonds is 1. The van der Waals surface area contributed by atoms with Crippen molar-refractivity contribution >= 4 is 53.9 Å². The summed E-state index contributed by atoms with van der Waals surface area (Å²) in [6, 6.07) is 48.5. The maximum absolute atomic E-state index is 6.72. The molecule has 180 valence electrons. The Morgan fingerprint density at radius 3 is 2.00 bits per heavy atom. The maximum Gasteiger partial charge on any atom is 0.143 e. The first kappa shape index (κ1) is 20.9. The first-order valence-corrected chi connectivity index (χ1v) is 13.4. The molecule has 39 heavy (non-hydrogen) atoms. The molecule has 0 unspecified atom stereocenters. The third-order valence-corrected chi connectivity index (χ3v) is 8.36. The molecule has 1 nitrogen and oxygen atoms in total. The van der Waals surface area contributed by atoms with E-state index in [1.54, 1.807) is 0 Å². The van der Waals surface area contributed by atoms with E-state index >= 15 is 0 Å². The minimum Gasteiger partial charge on any atom is -0.455 e. The van der Waals surface area contributed by atoms with Gasteiger partial charge in [-0.05, 0) is 96.2 Å². The van der Waals surface area contributed by atoms with E-state index in [-0.39, 0.29) is 0 Å². The Morgan fingerprint density at radius 1 is 0.359 bits per heavy atom. The number of ether oxygens (including phenoxy) is 1. The fourth-order valence-electron chi connectivity index (χ4n) is 6.47. The molecule has 1 heteroatoms. The van der Waals surface area contributed by atoms with Crippen LogP contribution in [-0.2, 0) is 0 Å². The molecule has 0 N–H and O–H groups in total. The smallest absolute Gasteiger partial charge is 0.143 e. The van der Waals surface area contributed by atoms with Gasteiger partial charge in [0.05, 0.1) is 0 Å². The van der Waals surface area contributed by atoms with E-state index in [0.717, 1.165) is 22.4 Å². The fourth-order valence-corrected chi connectivity index (χ4v) is 6.47. The Balaban J connectivity index is 1.26. The van der Waals surface area contributed by atoms with E-state index in [1.807, 2.05) is 0 Å². The number of fused-ring (bicyclic) bond motifs is 8. The summed E-state index contributed by atoms with van der Waals surface area (Å²) in [5.74, 6) is 1.87. The minimum absolute atomic E-state index is 0.923. The standard InChI is InChI=1S/C38H22O/c1-3-9-31-23(6-1)12-15-27-18-25-13-14-26(19-29(25)21-35(27)31)30-20-28-8-5-11-33-34-17-16-24-7-2-4-10-32(24)38(34)39-36(22-30)37(28)33/h1-22H. The van der Waals surface area contributed by atoms with Crippen LogP contribution in [0.3, 0.4) is 0 Å². The second-order valence-electron chi connectivity index (χ2n) is 10.6. The molecule has 0 aromatic heterocycles. The van der Waals surface area contributed by atoms with Gasteiger partial charge in [-0.3, -0.25) is 0 Å². The Kier molecular flexibility index (Phi) is 4.11. The highest BCUT2D eigenvalue weighted by Crippen LogP contribution is 2.50. The van der Waals surface area contributed by atoms with Gasteiger partial charge >= 0.3 is 0 Å². The normalized spacial score (nSPS) is 12.3. The molecular weight excluding hydrogens is 472 g/mol. The highest BCUT2D eigenvalue weighted by molar-refractivity contribution is 6.13. The van der Waals surface area contributed by atoms with Gasteiger partial charge < -0.3 is 4.74 Å². The van der Waals surface area contributed by atoms with Crippen LogP contribution < -0.4 is 4.74 Å². The molecule has 8 aromatic rings. The number of hydrogen-bond acceptors (Lipinski definition) is 1. The molecule has 0 spiro atoms. The predicted molar refractivity (Wildman–Crippen MR) is 165 cm³/mol. The van der Waals surface area contributed by atoms with Crippen LogP contribution in [0.2, 0.25) is 0 Å². The molecule has 9 rings (SSSR count). The highest BCUT2D eigenvalue weighted by atomic mass is 16.5. The van der Waals surface area contributed by atoms with Crippen LogP contribution in [0.1, 0.15) is 0 Å². The van der Waals surface area contributed by atoms with Crippen molar-refractivity contribution < 1.29 is 4.74 Å². The zero-order valence-electron chi connectivity index (χ0n) is 21.1. The van der Waals surface area contributed by atoms with E-state index in [2.05, 4.69) is 133 Å². The first-order valence-electron chi connectivity index (χ1n) is 13.4. The van der Waals surface area contributed by atoms with Crippen molar-refractivity contribution in [2.75, 3.05) is 0 Å². The fraction of sp³-hybridized carbons (Fsp3) is 0. The van der Waals surface area contributed by atoms with Crippen LogP contribution >= 0.6 is 0 Å². The molecular formula is C38H22O. The highest BCUT2D eigenvalue weighted by Gasteiger charge is 2.22. The molecule has 1 heterocycles. The third kappa shape index (κ3) is 3.02. The van der Waals surface area contributed by atoms with Crippen LogP contribution in [0, 0.1) is 0 Å². The molecule has 0 fully saturated rings. The molecule has 0 saturated heterocycles. The molecule has 1 aliphatic rings. The Bertz CT molecular complexity index is 2310. The molecule has 1 aliphatic heterocycles. The number of benzene rings is 8. The molecule has 0 amide bonds. The van der Waals surface area contributed by atoms with Crippen LogP contribution in [0.15, 0.2) is 133 Å². The molecule has 0 aliphatic carbocycles. The van der Waals surface area contributed by atoms with Crippen molar-refractivity contribution in [1.82, 2.24) is 0 Å². The summed E-state index contributed by atoms with van der Waals surface area (Å²) in [5, 5.41) is 12.4. The third-order valence-electron chi connectivity index (χ3n) is 8.36. The second-order valence-corrected chi connectivity index (χ2v) is 10.6. The van der Waals surface area contributed by atoms with E-state index in [4.69, 9.17) is 4.74 Å². The average Bonchev–Trinajstić information content (AvgIpc) is 2.99. The SMILES string of the molecule is c1ccc2c3c(ccc2c1)-c1cccc2cc(-c4ccc5cc6ccc7ccccc7c6cc5c4)cc(c12)O3. The van der Waals surface area contributed by atoms with Gasteiger partial charge in [0.15, 0.2) is 0 Å². The van der Waals surface area contributed by atoms with Crippen LogP contribution in [0.4, 0.5) is 0 Å². The van der Waals surface area contributed by atoms with Gasteiger partial charge in [-0.2, -0.15) is 0 Å². The van der Waals surface area contributed by atoms with Crippen molar-refractivity contribution in [3.8, 4) is 33.8 Å². The van der Waals surface area contributed by atoms with E-state index in [1.165, 1.54) is 65.2 Å². The van der Waals surface area contributed by atoms with Crippen molar-refractivity contribution in [3.63, 3.8) is 0 Å². The molecule has 0 radical (unpaired) electrons. The van der Waals surface area contributed by atoms with Crippen molar-refractivity contribution in [2.45, 2.75) is 0 Å². The summed E-state index contributed by atoms with van der Waals surface area (Å²) in [5.41, 5.74) is 4.75. The summed E-state index contributed by atoms with van der Waals surface area (Å²) >= 11 is 0. The van der Waals surface area contributed by atoms with E-state index in [0.29, 0.717) is 0 Å². The zero-order valence-corrected chi connectivity index (χ0v) is 21.1. The Labute approximate surface area is 225 Å². The van der Waals surface area contributed by atoms with E-state index in [9.17, 15) is 0 Å². The molecule has 0 bridgehead atoms. The summed E-state index contributed by atoms with van der Waals surface area (Å²) in [7, 11) is 0. The second kappa shape index (κ2) is 7.69. The quantitative estimate of drug-likeness (QED) is 0.163. The van der Waals surface area contributed by atoms with Crippen LogP contribution in [0.5, 0.6) is 11.5 Å². The Morgan fingerprint density at radius 2 is 1.08 bits per heavy atom. The van der Waals surface area contributed by atoms with Gasteiger partial charge in [-0.1, -0.05) is 97.1 Å². The monoisotopic (exact) mass is 494 g/mol. The lowest BCUT2D eigenvalue weighted by Crippen LogP contribution is -1.98. The first-order chi connectivity index (χ1) is 19.3. The van der Waals surface area contributed by atoms with Crippen molar-refractivity contribution in [1.29, 1.82) is 0 Å². The minimum atomic E-state index is 0.923. The van der Waals surface area contributed by atoms with Crippen LogP contribution in [0.25, 0.3) is 76.1 Å². The lowest BCUT2D eigenvalue weighted by atomic mass is 9.90. The summed E-state index contributed by atoms with van der Waals surface area (Å²) < 4.78 is 6.72. The van der Waals surface area contributed by atoms with Gasteiger partial charge in [-0.15, -0.1) is 0 Å². The maximum atomic E-state index is 6.72. The van der Waals surface area contributed by atoms with Crippen LogP contribution in [-0.4, -0.2) is 0 Å². The van der Waals surface area contributed by atoms with Gasteiger partial charge in [0.2, 0.25) is 0 Å². The van der Waals surface area contributed by atoms with Gasteiger partial charge in [0, 0.05) is 16.3 Å². The summed E-state index contributed by atoms with van der Waals surface area (Å²) in [4.78, 5) is 0. The average molecular weight is 495 g/mol. The molecule has 0 atom stereocenters. The largest absolute Gasteiger partial charge is 0.455 e. The van der Waals surface area contributed by atoms with Gasteiger partial charge in [0.25, 0.3) is 0 Å². The van der Waals surface area contributed by atoms with Crippen molar-refractivity contribution in [2.24, 2.45) is 0 Å².